The molecule has 0 amide bonds. The van der Waals surface area contributed by atoms with Gasteiger partial charge in [-0.2, -0.15) is 0 Å². The number of fused-ring (bicyclic) bond motifs is 2. The lowest BCUT2D eigenvalue weighted by atomic mass is 9.92. The molecule has 138 valence electrons. The number of hydrogen-bond acceptors (Lipinski definition) is 6. The van der Waals surface area contributed by atoms with Gasteiger partial charge < -0.3 is 11.1 Å². The lowest BCUT2D eigenvalue weighted by Gasteiger charge is -2.26. The van der Waals surface area contributed by atoms with Crippen LogP contribution in [0.2, 0.25) is 5.15 Å². The number of nitrogens with zero attached hydrogens (tertiary/aromatic N) is 6. The van der Waals surface area contributed by atoms with Crippen LogP contribution < -0.4 is 11.1 Å². The Hall–Kier alpha value is -2.71. The fourth-order valence-electron chi connectivity index (χ4n) is 3.64. The van der Waals surface area contributed by atoms with Gasteiger partial charge in [-0.15, -0.1) is 5.10 Å². The van der Waals surface area contributed by atoms with E-state index >= 15 is 0 Å². The molecule has 1 aliphatic rings. The Morgan fingerprint density at radius 1 is 1.07 bits per heavy atom. The summed E-state index contributed by atoms with van der Waals surface area (Å²) in [7, 11) is 0. The molecule has 4 heterocycles. The summed E-state index contributed by atoms with van der Waals surface area (Å²) in [6.45, 7) is 0. The van der Waals surface area contributed by atoms with E-state index in [-0.39, 0.29) is 0 Å². The molecule has 0 saturated heterocycles. The van der Waals surface area contributed by atoms with Crippen molar-refractivity contribution in [3.63, 3.8) is 0 Å². The van der Waals surface area contributed by atoms with Crippen molar-refractivity contribution < 1.29 is 0 Å². The van der Waals surface area contributed by atoms with Gasteiger partial charge in [-0.3, -0.25) is 4.40 Å². The highest BCUT2D eigenvalue weighted by molar-refractivity contribution is 6.29. The van der Waals surface area contributed by atoms with Crippen LogP contribution in [0.15, 0.2) is 37.1 Å². The number of anilines is 1. The van der Waals surface area contributed by atoms with Crippen LogP contribution in [0.4, 0.5) is 5.95 Å². The van der Waals surface area contributed by atoms with Gasteiger partial charge in [0.15, 0.2) is 0 Å². The van der Waals surface area contributed by atoms with E-state index in [1.165, 1.54) is 0 Å². The monoisotopic (exact) mass is 382 g/mol. The van der Waals surface area contributed by atoms with Gasteiger partial charge in [-0.1, -0.05) is 11.6 Å². The van der Waals surface area contributed by atoms with Crippen molar-refractivity contribution in [1.82, 2.24) is 29.0 Å². The highest BCUT2D eigenvalue weighted by Gasteiger charge is 2.19. The molecule has 4 aromatic rings. The summed E-state index contributed by atoms with van der Waals surface area (Å²) in [6, 6.07) is 2.71. The lowest BCUT2D eigenvalue weighted by Crippen LogP contribution is -2.33. The molecule has 0 radical (unpaired) electrons. The molecule has 1 fully saturated rings. The molecule has 5 rings (SSSR count). The minimum Gasteiger partial charge on any atom is -0.350 e. The molecule has 0 atom stereocenters. The second-order valence-electron chi connectivity index (χ2n) is 6.99. The summed E-state index contributed by atoms with van der Waals surface area (Å²) in [5.74, 6) is 1.21. The lowest BCUT2D eigenvalue weighted by molar-refractivity contribution is 0.409. The van der Waals surface area contributed by atoms with Crippen LogP contribution in [-0.4, -0.2) is 41.1 Å². The number of nitrogens with two attached hydrogens (primary N) is 1. The quantitative estimate of drug-likeness (QED) is 0.565. The number of aromatic nitrogens is 6. The molecule has 8 nitrogen and oxygen atoms in total. The van der Waals surface area contributed by atoms with Crippen molar-refractivity contribution in [3.05, 3.63) is 42.2 Å². The zero-order valence-electron chi connectivity index (χ0n) is 14.6. The summed E-state index contributed by atoms with van der Waals surface area (Å²) in [6.07, 6.45) is 13.2. The zero-order chi connectivity index (χ0) is 18.4. The molecule has 0 aliphatic heterocycles. The first-order valence-corrected chi connectivity index (χ1v) is 9.40. The van der Waals surface area contributed by atoms with E-state index in [0.29, 0.717) is 29.0 Å². The zero-order valence-corrected chi connectivity index (χ0v) is 15.3. The molecule has 9 heteroatoms. The molecule has 1 aliphatic carbocycles. The van der Waals surface area contributed by atoms with E-state index in [2.05, 4.69) is 25.4 Å². The van der Waals surface area contributed by atoms with Crippen LogP contribution in [0.3, 0.4) is 0 Å². The molecule has 1 saturated carbocycles. The molecule has 27 heavy (non-hydrogen) atoms. The Labute approximate surface area is 160 Å². The first-order chi connectivity index (χ1) is 13.2. The second-order valence-corrected chi connectivity index (χ2v) is 7.38. The predicted molar refractivity (Wildman–Crippen MR) is 104 cm³/mol. The van der Waals surface area contributed by atoms with Gasteiger partial charge in [-0.05, 0) is 31.7 Å². The Morgan fingerprint density at radius 2 is 1.89 bits per heavy atom. The Morgan fingerprint density at radius 3 is 2.74 bits per heavy atom. The third-order valence-corrected chi connectivity index (χ3v) is 5.43. The third kappa shape index (κ3) is 3.00. The molecular weight excluding hydrogens is 364 g/mol. The van der Waals surface area contributed by atoms with Gasteiger partial charge in [-0.25, -0.2) is 19.5 Å². The summed E-state index contributed by atoms with van der Waals surface area (Å²) in [4.78, 5) is 13.0. The van der Waals surface area contributed by atoms with Crippen LogP contribution in [-0.2, 0) is 0 Å². The van der Waals surface area contributed by atoms with E-state index in [9.17, 15) is 0 Å². The molecule has 4 aromatic heterocycles. The second kappa shape index (κ2) is 6.47. The number of rotatable bonds is 3. The van der Waals surface area contributed by atoms with Crippen LogP contribution in [0, 0.1) is 0 Å². The number of nitrogens with one attached hydrogen (secondary N) is 1. The van der Waals surface area contributed by atoms with E-state index in [0.717, 1.165) is 42.3 Å². The Kier molecular flexibility index (Phi) is 3.95. The van der Waals surface area contributed by atoms with Crippen LogP contribution in [0.5, 0.6) is 0 Å². The van der Waals surface area contributed by atoms with Crippen molar-refractivity contribution in [2.24, 2.45) is 5.73 Å². The highest BCUT2D eigenvalue weighted by atomic mass is 35.5. The Bertz CT molecular complexity index is 1110. The highest BCUT2D eigenvalue weighted by Crippen LogP contribution is 2.26. The van der Waals surface area contributed by atoms with Crippen molar-refractivity contribution in [2.75, 3.05) is 5.32 Å². The summed E-state index contributed by atoms with van der Waals surface area (Å²) in [5.41, 5.74) is 8.80. The van der Waals surface area contributed by atoms with Crippen molar-refractivity contribution in [1.29, 1.82) is 0 Å². The van der Waals surface area contributed by atoms with Crippen molar-refractivity contribution >= 4 is 28.8 Å². The summed E-state index contributed by atoms with van der Waals surface area (Å²) < 4.78 is 3.59. The third-order valence-electron chi connectivity index (χ3n) is 5.15. The number of halogens is 1. The van der Waals surface area contributed by atoms with Gasteiger partial charge in [0.25, 0.3) is 0 Å². The van der Waals surface area contributed by atoms with Gasteiger partial charge >= 0.3 is 0 Å². The van der Waals surface area contributed by atoms with E-state index < -0.39 is 0 Å². The number of imidazole rings is 1. The largest absolute Gasteiger partial charge is 0.350 e. The molecule has 0 bridgehead atoms. The molecular formula is C18H19ClN8. The minimum absolute atomic E-state index is 0.327. The van der Waals surface area contributed by atoms with Crippen LogP contribution in [0.25, 0.3) is 22.4 Å². The van der Waals surface area contributed by atoms with Crippen LogP contribution >= 0.6 is 11.6 Å². The van der Waals surface area contributed by atoms with Crippen LogP contribution in [0.1, 0.15) is 25.7 Å². The summed E-state index contributed by atoms with van der Waals surface area (Å²) >= 11 is 6.16. The van der Waals surface area contributed by atoms with Gasteiger partial charge in [0.05, 0.1) is 17.9 Å². The van der Waals surface area contributed by atoms with Gasteiger partial charge in [0.2, 0.25) is 11.7 Å². The summed E-state index contributed by atoms with van der Waals surface area (Å²) in [5, 5.41) is 8.56. The number of hydrogen-bond donors (Lipinski definition) is 2. The minimum atomic E-state index is 0.327. The normalized spacial score (nSPS) is 20.4. The Balaban J connectivity index is 1.45. The first kappa shape index (κ1) is 16.5. The van der Waals surface area contributed by atoms with E-state index in [1.54, 1.807) is 16.8 Å². The SMILES string of the molecule is NC1CCC(Nc2ncc3c(-c4cnc5ncc(Cl)n5c4)ccn3n2)CC1. The average molecular weight is 383 g/mol. The van der Waals surface area contributed by atoms with Crippen molar-refractivity contribution in [2.45, 2.75) is 37.8 Å². The molecule has 0 unspecified atom stereocenters. The van der Waals surface area contributed by atoms with Gasteiger partial charge in [0, 0.05) is 41.8 Å². The maximum atomic E-state index is 6.16. The standard InChI is InChI=1S/C18H19ClN8/c19-16-9-23-18-22-7-11(10-26(16)18)14-5-6-27-15(14)8-21-17(25-27)24-13-3-1-12(20)2-4-13/h5-10,12-13H,1-4,20H2,(H,24,25). The molecule has 3 N–H and O–H groups in total. The maximum absolute atomic E-state index is 6.16. The topological polar surface area (TPSA) is 98.4 Å². The van der Waals surface area contributed by atoms with E-state index in [4.69, 9.17) is 17.3 Å². The maximum Gasteiger partial charge on any atom is 0.241 e. The fraction of sp³-hybridized carbons (Fsp3) is 0.333. The predicted octanol–water partition coefficient (Wildman–Crippen LogP) is 2.77. The fourth-order valence-corrected chi connectivity index (χ4v) is 3.81. The molecule has 0 spiro atoms. The smallest absolute Gasteiger partial charge is 0.241 e. The van der Waals surface area contributed by atoms with Crippen molar-refractivity contribution in [3.8, 4) is 11.1 Å². The average Bonchev–Trinajstić information content (AvgIpc) is 3.27. The van der Waals surface area contributed by atoms with Gasteiger partial charge in [0.1, 0.15) is 5.15 Å². The van der Waals surface area contributed by atoms with E-state index in [1.807, 2.05) is 29.2 Å². The molecule has 0 aromatic carbocycles. The first-order valence-electron chi connectivity index (χ1n) is 9.03.